The van der Waals surface area contributed by atoms with Crippen LogP contribution in [-0.2, 0) is 0 Å². The van der Waals surface area contributed by atoms with Gasteiger partial charge >= 0.3 is 0 Å². The van der Waals surface area contributed by atoms with E-state index in [2.05, 4.69) is 15.3 Å². The summed E-state index contributed by atoms with van der Waals surface area (Å²) in [5.41, 5.74) is 1.67. The zero-order valence-corrected chi connectivity index (χ0v) is 11.1. The lowest BCUT2D eigenvalue weighted by atomic mass is 10.2. The molecule has 102 valence electrons. The molecule has 1 aromatic carbocycles. The minimum absolute atomic E-state index is 0.319. The van der Waals surface area contributed by atoms with Crippen LogP contribution >= 0.6 is 0 Å². The third-order valence-electron chi connectivity index (χ3n) is 3.01. The molecule has 1 unspecified atom stereocenters. The number of hydrogen-bond acceptors (Lipinski definition) is 5. The van der Waals surface area contributed by atoms with Crippen molar-refractivity contribution < 1.29 is 9.52 Å². The Morgan fingerprint density at radius 2 is 2.00 bits per heavy atom. The Kier molecular flexibility index (Phi) is 3.35. The van der Waals surface area contributed by atoms with Crippen molar-refractivity contribution in [2.24, 2.45) is 0 Å². The Bertz CT molecular complexity index is 724. The summed E-state index contributed by atoms with van der Waals surface area (Å²) in [6.07, 6.45) is 0.944. The van der Waals surface area contributed by atoms with E-state index in [1.165, 1.54) is 0 Å². The molecule has 2 N–H and O–H groups in total. The van der Waals surface area contributed by atoms with Crippen molar-refractivity contribution in [2.45, 2.75) is 13.0 Å². The number of rotatable bonds is 4. The van der Waals surface area contributed by atoms with E-state index in [4.69, 9.17) is 4.42 Å². The molecule has 3 rings (SSSR count). The Hall–Kier alpha value is -2.40. The third kappa shape index (κ3) is 2.62. The summed E-state index contributed by atoms with van der Waals surface area (Å²) in [5, 5.41) is 13.1. The number of aryl methyl sites for hydroxylation is 1. The molecular weight excluding hydrogens is 254 g/mol. The second-order valence-electron chi connectivity index (χ2n) is 4.59. The van der Waals surface area contributed by atoms with E-state index in [0.29, 0.717) is 18.1 Å². The van der Waals surface area contributed by atoms with Crippen molar-refractivity contribution >= 4 is 16.9 Å². The highest BCUT2D eigenvalue weighted by Gasteiger charge is 2.11. The van der Waals surface area contributed by atoms with Crippen LogP contribution in [0.1, 0.15) is 17.6 Å². The van der Waals surface area contributed by atoms with Gasteiger partial charge in [-0.3, -0.25) is 4.98 Å². The van der Waals surface area contributed by atoms with E-state index >= 15 is 0 Å². The molecule has 2 aromatic heterocycles. The molecule has 0 aliphatic rings. The fourth-order valence-corrected chi connectivity index (χ4v) is 1.98. The number of benzene rings is 1. The second kappa shape index (κ2) is 5.30. The van der Waals surface area contributed by atoms with Crippen LogP contribution in [0.4, 0.5) is 5.82 Å². The van der Waals surface area contributed by atoms with Crippen LogP contribution in [0.2, 0.25) is 0 Å². The van der Waals surface area contributed by atoms with Gasteiger partial charge in [0.2, 0.25) is 0 Å². The van der Waals surface area contributed by atoms with Gasteiger partial charge in [-0.25, -0.2) is 4.98 Å². The minimum atomic E-state index is -0.711. The van der Waals surface area contributed by atoms with Gasteiger partial charge in [-0.15, -0.1) is 0 Å². The Labute approximate surface area is 116 Å². The summed E-state index contributed by atoms with van der Waals surface area (Å²) in [4.78, 5) is 8.74. The molecule has 0 amide bonds. The fraction of sp³-hybridized carbons (Fsp3) is 0.200. The van der Waals surface area contributed by atoms with Gasteiger partial charge in [-0.2, -0.15) is 0 Å². The number of aromatic nitrogens is 2. The van der Waals surface area contributed by atoms with Gasteiger partial charge in [0.05, 0.1) is 17.2 Å². The van der Waals surface area contributed by atoms with Gasteiger partial charge in [-0.05, 0) is 31.2 Å². The quantitative estimate of drug-likeness (QED) is 0.762. The Morgan fingerprint density at radius 3 is 2.75 bits per heavy atom. The summed E-state index contributed by atoms with van der Waals surface area (Å²) in [7, 11) is 0. The maximum Gasteiger partial charge on any atom is 0.145 e. The molecule has 0 bridgehead atoms. The van der Waals surface area contributed by atoms with Gasteiger partial charge in [0, 0.05) is 6.54 Å². The summed E-state index contributed by atoms with van der Waals surface area (Å²) in [6, 6.07) is 11.3. The molecule has 3 aromatic rings. The van der Waals surface area contributed by atoms with Gasteiger partial charge in [-0.1, -0.05) is 12.1 Å². The van der Waals surface area contributed by atoms with Gasteiger partial charge in [0.1, 0.15) is 23.4 Å². The van der Waals surface area contributed by atoms with Crippen LogP contribution in [0.15, 0.2) is 47.0 Å². The maximum atomic E-state index is 10.0. The van der Waals surface area contributed by atoms with Crippen molar-refractivity contribution in [3.8, 4) is 0 Å². The number of nitrogens with zero attached hydrogens (tertiary/aromatic N) is 2. The predicted molar refractivity (Wildman–Crippen MR) is 76.4 cm³/mol. The summed E-state index contributed by atoms with van der Waals surface area (Å²) >= 11 is 0. The van der Waals surface area contributed by atoms with E-state index < -0.39 is 6.10 Å². The molecule has 20 heavy (non-hydrogen) atoms. The van der Waals surface area contributed by atoms with Crippen molar-refractivity contribution in [3.05, 3.63) is 54.1 Å². The smallest absolute Gasteiger partial charge is 0.145 e. The lowest BCUT2D eigenvalue weighted by Crippen LogP contribution is -2.12. The number of aliphatic hydroxyl groups excluding tert-OH is 1. The highest BCUT2D eigenvalue weighted by molar-refractivity contribution is 5.75. The molecule has 2 heterocycles. The first kappa shape index (κ1) is 12.6. The summed E-state index contributed by atoms with van der Waals surface area (Å²) < 4.78 is 5.38. The molecule has 0 aliphatic heterocycles. The van der Waals surface area contributed by atoms with E-state index in [1.807, 2.05) is 37.3 Å². The van der Waals surface area contributed by atoms with Crippen LogP contribution in [0, 0.1) is 6.92 Å². The van der Waals surface area contributed by atoms with Crippen LogP contribution in [0.3, 0.4) is 0 Å². The van der Waals surface area contributed by atoms with Crippen molar-refractivity contribution in [2.75, 3.05) is 11.9 Å². The van der Waals surface area contributed by atoms with Gasteiger partial charge in [0.15, 0.2) is 0 Å². The normalized spacial score (nSPS) is 12.5. The standard InChI is InChI=1S/C15H15N3O2/c1-10-6-7-14(20-10)13(19)8-17-15-9-16-11-4-2-3-5-12(11)18-15/h2-7,9,13,19H,8H2,1H3,(H,17,18). The molecule has 0 aliphatic carbocycles. The summed E-state index contributed by atoms with van der Waals surface area (Å²) in [5.74, 6) is 1.96. The van der Waals surface area contributed by atoms with E-state index in [1.54, 1.807) is 12.3 Å². The fourth-order valence-electron chi connectivity index (χ4n) is 1.98. The zero-order valence-electron chi connectivity index (χ0n) is 11.1. The first-order valence-electron chi connectivity index (χ1n) is 6.42. The van der Waals surface area contributed by atoms with Crippen LogP contribution in [0.5, 0.6) is 0 Å². The van der Waals surface area contributed by atoms with Crippen molar-refractivity contribution in [1.29, 1.82) is 0 Å². The number of fused-ring (bicyclic) bond motifs is 1. The van der Waals surface area contributed by atoms with Crippen molar-refractivity contribution in [1.82, 2.24) is 9.97 Å². The number of nitrogens with one attached hydrogen (secondary N) is 1. The molecular formula is C15H15N3O2. The highest BCUT2D eigenvalue weighted by atomic mass is 16.4. The predicted octanol–water partition coefficient (Wildman–Crippen LogP) is 2.68. The van der Waals surface area contributed by atoms with Crippen LogP contribution < -0.4 is 5.32 Å². The molecule has 5 nitrogen and oxygen atoms in total. The highest BCUT2D eigenvalue weighted by Crippen LogP contribution is 2.17. The molecule has 0 fully saturated rings. The Morgan fingerprint density at radius 1 is 1.20 bits per heavy atom. The topological polar surface area (TPSA) is 71.2 Å². The molecule has 0 radical (unpaired) electrons. The monoisotopic (exact) mass is 269 g/mol. The second-order valence-corrected chi connectivity index (χ2v) is 4.59. The molecule has 0 saturated carbocycles. The average Bonchev–Trinajstić information content (AvgIpc) is 2.91. The Balaban J connectivity index is 1.70. The first-order valence-corrected chi connectivity index (χ1v) is 6.42. The lowest BCUT2D eigenvalue weighted by molar-refractivity contribution is 0.161. The third-order valence-corrected chi connectivity index (χ3v) is 3.01. The average molecular weight is 269 g/mol. The van der Waals surface area contributed by atoms with E-state index in [0.717, 1.165) is 16.8 Å². The summed E-state index contributed by atoms with van der Waals surface area (Å²) in [6.45, 7) is 2.17. The van der Waals surface area contributed by atoms with Crippen LogP contribution in [0.25, 0.3) is 11.0 Å². The zero-order chi connectivity index (χ0) is 13.9. The molecule has 0 spiro atoms. The number of furan rings is 1. The number of aliphatic hydroxyl groups is 1. The first-order chi connectivity index (χ1) is 9.72. The largest absolute Gasteiger partial charge is 0.464 e. The van der Waals surface area contributed by atoms with Gasteiger partial charge < -0.3 is 14.8 Å². The van der Waals surface area contributed by atoms with E-state index in [-0.39, 0.29) is 0 Å². The lowest BCUT2D eigenvalue weighted by Gasteiger charge is -2.10. The number of para-hydroxylation sites is 2. The number of anilines is 1. The molecule has 1 atom stereocenters. The van der Waals surface area contributed by atoms with E-state index in [9.17, 15) is 5.11 Å². The van der Waals surface area contributed by atoms with Crippen molar-refractivity contribution in [3.63, 3.8) is 0 Å². The molecule has 5 heteroatoms. The maximum absolute atomic E-state index is 10.0. The molecule has 0 saturated heterocycles. The SMILES string of the molecule is Cc1ccc(C(O)CNc2cnc3ccccc3n2)o1. The van der Waals surface area contributed by atoms with Gasteiger partial charge in [0.25, 0.3) is 0 Å². The number of hydrogen-bond donors (Lipinski definition) is 2. The van der Waals surface area contributed by atoms with Crippen LogP contribution in [-0.4, -0.2) is 21.6 Å². The minimum Gasteiger partial charge on any atom is -0.464 e.